The number of rotatable bonds is 9. The molecule has 4 rings (SSSR count). The summed E-state index contributed by atoms with van der Waals surface area (Å²) in [5, 5.41) is 2.91. The summed E-state index contributed by atoms with van der Waals surface area (Å²) >= 11 is 0. The van der Waals surface area contributed by atoms with Gasteiger partial charge in [-0.15, -0.1) is 0 Å². The number of amides is 1. The molecule has 1 aliphatic heterocycles. The number of piperazine rings is 1. The number of imidazole rings is 1. The van der Waals surface area contributed by atoms with Crippen molar-refractivity contribution in [3.05, 3.63) is 48.3 Å². The molecule has 3 aromatic rings. The zero-order valence-corrected chi connectivity index (χ0v) is 19.7. The summed E-state index contributed by atoms with van der Waals surface area (Å²) in [6, 6.07) is 13.2. The molecule has 0 bridgehead atoms. The van der Waals surface area contributed by atoms with Gasteiger partial charge in [-0.1, -0.05) is 19.1 Å². The molecule has 8 nitrogen and oxygen atoms in total. The van der Waals surface area contributed by atoms with Crippen LogP contribution in [0.25, 0.3) is 11.0 Å². The van der Waals surface area contributed by atoms with Gasteiger partial charge in [-0.05, 0) is 43.8 Å². The first-order valence-corrected chi connectivity index (χ1v) is 11.6. The normalized spacial score (nSPS) is 15.0. The molecule has 1 saturated heterocycles. The maximum absolute atomic E-state index is 12.5. The molecule has 176 valence electrons. The Morgan fingerprint density at radius 1 is 1.00 bits per heavy atom. The molecule has 33 heavy (non-hydrogen) atoms. The van der Waals surface area contributed by atoms with Crippen LogP contribution in [0.15, 0.2) is 42.5 Å². The van der Waals surface area contributed by atoms with Crippen LogP contribution in [0.4, 0.5) is 5.69 Å². The van der Waals surface area contributed by atoms with E-state index in [1.807, 2.05) is 30.3 Å². The van der Waals surface area contributed by atoms with E-state index in [2.05, 4.69) is 33.5 Å². The second kappa shape index (κ2) is 10.7. The van der Waals surface area contributed by atoms with Gasteiger partial charge in [-0.25, -0.2) is 4.98 Å². The summed E-state index contributed by atoms with van der Waals surface area (Å²) in [6.07, 6.45) is 0. The number of fused-ring (bicyclic) bond motifs is 1. The van der Waals surface area contributed by atoms with E-state index in [1.165, 1.54) is 0 Å². The number of benzene rings is 2. The summed E-state index contributed by atoms with van der Waals surface area (Å²) in [7, 11) is 1.58. The maximum Gasteiger partial charge on any atom is 0.262 e. The number of anilines is 1. The van der Waals surface area contributed by atoms with Crippen molar-refractivity contribution in [2.75, 3.05) is 51.8 Å². The van der Waals surface area contributed by atoms with Crippen molar-refractivity contribution < 1.29 is 14.3 Å². The van der Waals surface area contributed by atoms with Gasteiger partial charge in [0, 0.05) is 38.4 Å². The standard InChI is InChI=1S/C25H33N5O3/c1-4-28-12-14-29(15-13-28)17-24-27-20-16-19(10-11-21(20)30(24)5-2)26-25(31)18-33-23-9-7-6-8-22(23)32-3/h6-11,16H,4-5,12-15,17-18H2,1-3H3,(H,26,31). The number of nitrogens with zero attached hydrogens (tertiary/aromatic N) is 4. The fourth-order valence-electron chi connectivity index (χ4n) is 4.27. The number of ether oxygens (including phenoxy) is 2. The van der Waals surface area contributed by atoms with Crippen molar-refractivity contribution >= 4 is 22.6 Å². The van der Waals surface area contributed by atoms with E-state index in [0.29, 0.717) is 17.2 Å². The number of aryl methyl sites for hydroxylation is 1. The molecule has 1 aliphatic rings. The number of likely N-dealkylation sites (N-methyl/N-ethyl adjacent to an activating group) is 1. The van der Waals surface area contributed by atoms with E-state index in [1.54, 1.807) is 19.2 Å². The van der Waals surface area contributed by atoms with Crippen LogP contribution >= 0.6 is 0 Å². The Hall–Kier alpha value is -3.10. The molecule has 0 unspecified atom stereocenters. The first kappa shape index (κ1) is 23.1. The first-order chi connectivity index (χ1) is 16.1. The molecule has 2 aromatic carbocycles. The number of nitrogens with one attached hydrogen (secondary N) is 1. The van der Waals surface area contributed by atoms with Crippen molar-refractivity contribution in [2.24, 2.45) is 0 Å². The molecule has 1 fully saturated rings. The minimum Gasteiger partial charge on any atom is -0.493 e. The molecule has 0 spiro atoms. The SMILES string of the molecule is CCN1CCN(Cc2nc3cc(NC(=O)COc4ccccc4OC)ccc3n2CC)CC1. The van der Waals surface area contributed by atoms with Crippen molar-refractivity contribution in [2.45, 2.75) is 26.9 Å². The Morgan fingerprint density at radius 3 is 2.42 bits per heavy atom. The van der Waals surface area contributed by atoms with Gasteiger partial charge in [0.25, 0.3) is 5.91 Å². The van der Waals surface area contributed by atoms with Crippen LogP contribution in [0.2, 0.25) is 0 Å². The predicted octanol–water partition coefficient (Wildman–Crippen LogP) is 3.22. The lowest BCUT2D eigenvalue weighted by Crippen LogP contribution is -2.45. The van der Waals surface area contributed by atoms with Crippen LogP contribution in [0, 0.1) is 0 Å². The highest BCUT2D eigenvalue weighted by Gasteiger charge is 2.19. The first-order valence-electron chi connectivity index (χ1n) is 11.6. The molecule has 0 atom stereocenters. The number of carbonyl (C=O) groups is 1. The molecular weight excluding hydrogens is 418 g/mol. The van der Waals surface area contributed by atoms with Crippen LogP contribution in [-0.2, 0) is 17.9 Å². The molecule has 0 saturated carbocycles. The molecule has 0 radical (unpaired) electrons. The van der Waals surface area contributed by atoms with Crippen molar-refractivity contribution in [3.63, 3.8) is 0 Å². The number of aromatic nitrogens is 2. The quantitative estimate of drug-likeness (QED) is 0.539. The lowest BCUT2D eigenvalue weighted by atomic mass is 10.2. The minimum atomic E-state index is -0.232. The van der Waals surface area contributed by atoms with Crippen LogP contribution in [0.1, 0.15) is 19.7 Å². The highest BCUT2D eigenvalue weighted by atomic mass is 16.5. The van der Waals surface area contributed by atoms with Crippen molar-refractivity contribution in [1.29, 1.82) is 0 Å². The van der Waals surface area contributed by atoms with Gasteiger partial charge in [-0.3, -0.25) is 9.69 Å². The topological polar surface area (TPSA) is 71.9 Å². The third-order valence-corrected chi connectivity index (χ3v) is 6.13. The lowest BCUT2D eigenvalue weighted by Gasteiger charge is -2.33. The molecule has 0 aliphatic carbocycles. The van der Waals surface area contributed by atoms with Gasteiger partial charge in [-0.2, -0.15) is 0 Å². The number of hydrogen-bond acceptors (Lipinski definition) is 6. The van der Waals surface area contributed by atoms with E-state index in [4.69, 9.17) is 14.5 Å². The van der Waals surface area contributed by atoms with E-state index in [0.717, 1.165) is 62.7 Å². The highest BCUT2D eigenvalue weighted by Crippen LogP contribution is 2.26. The Balaban J connectivity index is 1.41. The molecule has 1 amide bonds. The summed E-state index contributed by atoms with van der Waals surface area (Å²) in [5.74, 6) is 1.97. The average Bonchev–Trinajstić information content (AvgIpc) is 3.19. The third kappa shape index (κ3) is 5.46. The van der Waals surface area contributed by atoms with Gasteiger partial charge in [0.1, 0.15) is 5.82 Å². The molecule has 8 heteroatoms. The van der Waals surface area contributed by atoms with Crippen LogP contribution < -0.4 is 14.8 Å². The van der Waals surface area contributed by atoms with Gasteiger partial charge in [0.15, 0.2) is 18.1 Å². The largest absolute Gasteiger partial charge is 0.493 e. The fraction of sp³-hybridized carbons (Fsp3) is 0.440. The summed E-state index contributed by atoms with van der Waals surface area (Å²) < 4.78 is 13.1. The fourth-order valence-corrected chi connectivity index (χ4v) is 4.27. The Morgan fingerprint density at radius 2 is 1.73 bits per heavy atom. The summed E-state index contributed by atoms with van der Waals surface area (Å²) in [5.41, 5.74) is 2.69. The van der Waals surface area contributed by atoms with Gasteiger partial charge in [0.05, 0.1) is 24.7 Å². The predicted molar refractivity (Wildman–Crippen MR) is 130 cm³/mol. The second-order valence-electron chi connectivity index (χ2n) is 8.17. The molecule has 1 N–H and O–H groups in total. The second-order valence-corrected chi connectivity index (χ2v) is 8.17. The van der Waals surface area contributed by atoms with Crippen molar-refractivity contribution in [1.82, 2.24) is 19.4 Å². The average molecular weight is 452 g/mol. The van der Waals surface area contributed by atoms with E-state index in [9.17, 15) is 4.79 Å². The van der Waals surface area contributed by atoms with E-state index < -0.39 is 0 Å². The minimum absolute atomic E-state index is 0.100. The third-order valence-electron chi connectivity index (χ3n) is 6.13. The number of methoxy groups -OCH3 is 1. The number of carbonyl (C=O) groups excluding carboxylic acids is 1. The lowest BCUT2D eigenvalue weighted by molar-refractivity contribution is -0.118. The Labute approximate surface area is 195 Å². The van der Waals surface area contributed by atoms with Crippen LogP contribution in [-0.4, -0.2) is 71.7 Å². The van der Waals surface area contributed by atoms with Crippen LogP contribution in [0.5, 0.6) is 11.5 Å². The molecular formula is C25H33N5O3. The Bertz CT molecular complexity index is 1090. The number of para-hydroxylation sites is 2. The van der Waals surface area contributed by atoms with E-state index >= 15 is 0 Å². The van der Waals surface area contributed by atoms with Gasteiger partial charge < -0.3 is 24.3 Å². The zero-order valence-electron chi connectivity index (χ0n) is 19.7. The van der Waals surface area contributed by atoms with Gasteiger partial charge >= 0.3 is 0 Å². The van der Waals surface area contributed by atoms with Crippen molar-refractivity contribution in [3.8, 4) is 11.5 Å². The van der Waals surface area contributed by atoms with E-state index in [-0.39, 0.29) is 12.5 Å². The molecule has 2 heterocycles. The maximum atomic E-state index is 12.5. The summed E-state index contributed by atoms with van der Waals surface area (Å²) in [4.78, 5) is 22.3. The van der Waals surface area contributed by atoms with Gasteiger partial charge in [0.2, 0.25) is 0 Å². The Kier molecular flexibility index (Phi) is 7.47. The zero-order chi connectivity index (χ0) is 23.2. The monoisotopic (exact) mass is 451 g/mol. The highest BCUT2D eigenvalue weighted by molar-refractivity contribution is 5.94. The molecule has 1 aromatic heterocycles. The van der Waals surface area contributed by atoms with Crippen LogP contribution in [0.3, 0.4) is 0 Å². The summed E-state index contributed by atoms with van der Waals surface area (Å²) in [6.45, 7) is 11.4. The number of hydrogen-bond donors (Lipinski definition) is 1. The smallest absolute Gasteiger partial charge is 0.262 e.